The number of benzene rings is 1. The summed E-state index contributed by atoms with van der Waals surface area (Å²) in [5, 5.41) is 0.379. The van der Waals surface area contributed by atoms with Gasteiger partial charge in [-0.05, 0) is 6.07 Å². The third-order valence-corrected chi connectivity index (χ3v) is 2.60. The van der Waals surface area contributed by atoms with Crippen molar-refractivity contribution in [2.75, 3.05) is 14.2 Å². The largest absolute Gasteiger partial charge is 0.493 e. The van der Waals surface area contributed by atoms with E-state index < -0.39 is 5.69 Å². The zero-order valence-electron chi connectivity index (χ0n) is 9.73. The summed E-state index contributed by atoms with van der Waals surface area (Å²) in [5.74, 6) is 0.910. The Morgan fingerprint density at radius 1 is 1.12 bits per heavy atom. The summed E-state index contributed by atoms with van der Waals surface area (Å²) in [6.07, 6.45) is 0. The van der Waals surface area contributed by atoms with Crippen LogP contribution in [0.1, 0.15) is 0 Å². The first-order valence-corrected chi connectivity index (χ1v) is 4.93. The molecule has 0 amide bonds. The summed E-state index contributed by atoms with van der Waals surface area (Å²) in [6.45, 7) is 0. The van der Waals surface area contributed by atoms with E-state index in [2.05, 4.69) is 4.98 Å². The SMILES string of the molecule is COc1cc2[nH]c(=O)n(C)c(=O)c2cc1OC. The Morgan fingerprint density at radius 2 is 1.71 bits per heavy atom. The minimum Gasteiger partial charge on any atom is -0.493 e. The van der Waals surface area contributed by atoms with Crippen LogP contribution in [0.25, 0.3) is 10.9 Å². The number of aromatic nitrogens is 2. The van der Waals surface area contributed by atoms with Crippen LogP contribution < -0.4 is 20.7 Å². The molecule has 0 fully saturated rings. The number of methoxy groups -OCH3 is 2. The van der Waals surface area contributed by atoms with Crippen LogP contribution in [0.5, 0.6) is 11.5 Å². The van der Waals surface area contributed by atoms with Gasteiger partial charge in [0.15, 0.2) is 11.5 Å². The summed E-state index contributed by atoms with van der Waals surface area (Å²) < 4.78 is 11.2. The molecular weight excluding hydrogens is 224 g/mol. The van der Waals surface area contributed by atoms with Crippen LogP contribution in [0.15, 0.2) is 21.7 Å². The zero-order valence-corrected chi connectivity index (χ0v) is 9.73. The van der Waals surface area contributed by atoms with Crippen LogP contribution in [0.2, 0.25) is 0 Å². The van der Waals surface area contributed by atoms with E-state index in [4.69, 9.17) is 9.47 Å². The van der Waals surface area contributed by atoms with E-state index in [0.717, 1.165) is 4.57 Å². The molecule has 0 aliphatic carbocycles. The van der Waals surface area contributed by atoms with Gasteiger partial charge in [-0.2, -0.15) is 0 Å². The predicted molar refractivity (Wildman–Crippen MR) is 62.9 cm³/mol. The first-order chi connectivity index (χ1) is 8.08. The first-order valence-electron chi connectivity index (χ1n) is 4.93. The van der Waals surface area contributed by atoms with Gasteiger partial charge in [0.25, 0.3) is 5.56 Å². The predicted octanol–water partition coefficient (Wildman–Crippen LogP) is 0.244. The zero-order chi connectivity index (χ0) is 12.6. The number of hydrogen-bond donors (Lipinski definition) is 1. The maximum atomic E-state index is 11.9. The van der Waals surface area contributed by atoms with E-state index in [-0.39, 0.29) is 5.56 Å². The van der Waals surface area contributed by atoms with Gasteiger partial charge in [0.2, 0.25) is 0 Å². The molecule has 0 radical (unpaired) electrons. The fourth-order valence-electron chi connectivity index (χ4n) is 1.63. The number of H-pyrrole nitrogens is 1. The molecule has 2 rings (SSSR count). The Bertz CT molecular complexity index is 684. The second-order valence-corrected chi connectivity index (χ2v) is 3.55. The van der Waals surface area contributed by atoms with Crippen molar-refractivity contribution in [3.8, 4) is 11.5 Å². The molecule has 6 heteroatoms. The fraction of sp³-hybridized carbons (Fsp3) is 0.273. The third kappa shape index (κ3) is 1.67. The molecule has 0 bridgehead atoms. The van der Waals surface area contributed by atoms with Crippen LogP contribution in [0.3, 0.4) is 0 Å². The van der Waals surface area contributed by atoms with Gasteiger partial charge < -0.3 is 14.5 Å². The summed E-state index contributed by atoms with van der Waals surface area (Å²) >= 11 is 0. The molecule has 0 unspecified atom stereocenters. The van der Waals surface area contributed by atoms with Crippen molar-refractivity contribution in [3.63, 3.8) is 0 Å². The Hall–Kier alpha value is -2.24. The summed E-state index contributed by atoms with van der Waals surface area (Å²) in [5.41, 5.74) is -0.407. The van der Waals surface area contributed by atoms with Crippen molar-refractivity contribution in [2.45, 2.75) is 0 Å². The quantitative estimate of drug-likeness (QED) is 0.810. The van der Waals surface area contributed by atoms with Crippen LogP contribution in [-0.2, 0) is 7.05 Å². The van der Waals surface area contributed by atoms with Gasteiger partial charge in [-0.15, -0.1) is 0 Å². The van der Waals surface area contributed by atoms with Crippen LogP contribution in [0, 0.1) is 0 Å². The van der Waals surface area contributed by atoms with Crippen molar-refractivity contribution in [3.05, 3.63) is 33.0 Å². The summed E-state index contributed by atoms with van der Waals surface area (Å²) in [7, 11) is 4.39. The molecule has 90 valence electrons. The van der Waals surface area contributed by atoms with E-state index in [1.807, 2.05) is 0 Å². The minimum atomic E-state index is -0.463. The van der Waals surface area contributed by atoms with Gasteiger partial charge in [-0.25, -0.2) is 4.79 Å². The lowest BCUT2D eigenvalue weighted by Crippen LogP contribution is -2.32. The molecule has 1 N–H and O–H groups in total. The van der Waals surface area contributed by atoms with E-state index >= 15 is 0 Å². The molecular formula is C11H12N2O4. The van der Waals surface area contributed by atoms with Gasteiger partial charge >= 0.3 is 5.69 Å². The van der Waals surface area contributed by atoms with Crippen molar-refractivity contribution in [2.24, 2.45) is 7.05 Å². The summed E-state index contributed by atoms with van der Waals surface area (Å²) in [6, 6.07) is 3.11. The molecule has 0 saturated carbocycles. The maximum absolute atomic E-state index is 11.9. The van der Waals surface area contributed by atoms with E-state index in [1.54, 1.807) is 12.1 Å². The van der Waals surface area contributed by atoms with Crippen molar-refractivity contribution in [1.29, 1.82) is 0 Å². The topological polar surface area (TPSA) is 73.3 Å². The van der Waals surface area contributed by atoms with Gasteiger partial charge in [0.05, 0.1) is 25.1 Å². The second-order valence-electron chi connectivity index (χ2n) is 3.55. The van der Waals surface area contributed by atoms with Crippen molar-refractivity contribution in [1.82, 2.24) is 9.55 Å². The minimum absolute atomic E-state index is 0.371. The highest BCUT2D eigenvalue weighted by atomic mass is 16.5. The van der Waals surface area contributed by atoms with Gasteiger partial charge in [-0.3, -0.25) is 9.36 Å². The van der Waals surface area contributed by atoms with Crippen LogP contribution in [0.4, 0.5) is 0 Å². The smallest absolute Gasteiger partial charge is 0.328 e. The van der Waals surface area contributed by atoms with E-state index in [0.29, 0.717) is 22.4 Å². The lowest BCUT2D eigenvalue weighted by atomic mass is 10.2. The highest BCUT2D eigenvalue weighted by Crippen LogP contribution is 2.29. The lowest BCUT2D eigenvalue weighted by Gasteiger charge is -2.09. The lowest BCUT2D eigenvalue weighted by molar-refractivity contribution is 0.355. The van der Waals surface area contributed by atoms with Gasteiger partial charge in [0, 0.05) is 13.1 Å². The Labute approximate surface area is 96.4 Å². The number of hydrogen-bond acceptors (Lipinski definition) is 4. The Balaban J connectivity index is 2.93. The van der Waals surface area contributed by atoms with E-state index in [1.165, 1.54) is 21.3 Å². The number of aromatic amines is 1. The Kier molecular flexibility index (Phi) is 2.63. The normalized spacial score (nSPS) is 10.5. The molecule has 0 aliphatic rings. The molecule has 0 atom stereocenters. The number of nitrogens with zero attached hydrogens (tertiary/aromatic N) is 1. The molecule has 0 aliphatic heterocycles. The molecule has 0 saturated heterocycles. The van der Waals surface area contributed by atoms with Crippen LogP contribution >= 0.6 is 0 Å². The molecule has 17 heavy (non-hydrogen) atoms. The molecule has 0 spiro atoms. The fourth-order valence-corrected chi connectivity index (χ4v) is 1.63. The number of ether oxygens (including phenoxy) is 2. The average molecular weight is 236 g/mol. The monoisotopic (exact) mass is 236 g/mol. The van der Waals surface area contributed by atoms with Crippen LogP contribution in [-0.4, -0.2) is 23.8 Å². The average Bonchev–Trinajstić information content (AvgIpc) is 2.34. The van der Waals surface area contributed by atoms with Crippen molar-refractivity contribution >= 4 is 10.9 Å². The summed E-state index contributed by atoms with van der Waals surface area (Å²) in [4.78, 5) is 25.9. The maximum Gasteiger partial charge on any atom is 0.328 e. The molecule has 1 aromatic carbocycles. The molecule has 6 nitrogen and oxygen atoms in total. The second kappa shape index (κ2) is 3.97. The highest BCUT2D eigenvalue weighted by Gasteiger charge is 2.10. The van der Waals surface area contributed by atoms with Gasteiger partial charge in [0.1, 0.15) is 0 Å². The number of nitrogens with one attached hydrogen (secondary N) is 1. The number of fused-ring (bicyclic) bond motifs is 1. The first kappa shape index (κ1) is 11.3. The molecule has 1 heterocycles. The van der Waals surface area contributed by atoms with Gasteiger partial charge in [-0.1, -0.05) is 0 Å². The molecule has 1 aromatic heterocycles. The van der Waals surface area contributed by atoms with Crippen molar-refractivity contribution < 1.29 is 9.47 Å². The third-order valence-electron chi connectivity index (χ3n) is 2.60. The van der Waals surface area contributed by atoms with E-state index in [9.17, 15) is 9.59 Å². The molecule has 2 aromatic rings. The highest BCUT2D eigenvalue weighted by molar-refractivity contribution is 5.81. The Morgan fingerprint density at radius 3 is 2.29 bits per heavy atom. The number of rotatable bonds is 2. The standard InChI is InChI=1S/C11H12N2O4/c1-13-10(14)6-4-8(16-2)9(17-3)5-7(6)12-11(13)15/h4-5H,1-3H3,(H,12,15).